The van der Waals surface area contributed by atoms with Crippen molar-refractivity contribution in [3.8, 4) is 0 Å². The summed E-state index contributed by atoms with van der Waals surface area (Å²) in [4.78, 5) is 23.4. The minimum Gasteiger partial charge on any atom is -0.481 e. The van der Waals surface area contributed by atoms with Gasteiger partial charge in [0.15, 0.2) is 0 Å². The van der Waals surface area contributed by atoms with Gasteiger partial charge < -0.3 is 9.84 Å². The van der Waals surface area contributed by atoms with E-state index in [1.54, 1.807) is 0 Å². The maximum Gasteiger partial charge on any atom is 0.306 e. The summed E-state index contributed by atoms with van der Waals surface area (Å²) in [5, 5.41) is 8.82. The minimum absolute atomic E-state index is 0.0171. The number of hydrogen-bond donors (Lipinski definition) is 1. The average molecular weight is 647 g/mol. The molecule has 0 aromatic carbocycles. The Hall–Kier alpha value is -1.58. The van der Waals surface area contributed by atoms with Gasteiger partial charge in [0.05, 0.1) is 0 Å². The average Bonchev–Trinajstić information content (AvgIpc) is 3.04. The highest BCUT2D eigenvalue weighted by Crippen LogP contribution is 2.18. The molecule has 0 heterocycles. The van der Waals surface area contributed by atoms with Crippen LogP contribution < -0.4 is 0 Å². The van der Waals surface area contributed by atoms with Crippen LogP contribution in [0.15, 0.2) is 24.3 Å². The molecule has 0 bridgehead atoms. The Morgan fingerprint density at radius 3 is 1.37 bits per heavy atom. The maximum atomic E-state index is 12.7. The molecular weight excluding hydrogens is 568 g/mol. The van der Waals surface area contributed by atoms with Gasteiger partial charge in [-0.3, -0.25) is 9.59 Å². The molecule has 0 fully saturated rings. The number of unbranched alkanes of at least 4 members (excludes halogenated alkanes) is 24. The van der Waals surface area contributed by atoms with Gasteiger partial charge in [-0.1, -0.05) is 173 Å². The number of rotatable bonds is 37. The van der Waals surface area contributed by atoms with Crippen LogP contribution >= 0.6 is 0 Å². The molecule has 0 rings (SSSR count). The predicted molar refractivity (Wildman–Crippen MR) is 200 cm³/mol. The van der Waals surface area contributed by atoms with Gasteiger partial charge in [-0.15, -0.1) is 0 Å². The monoisotopic (exact) mass is 647 g/mol. The molecule has 0 aromatic rings. The molecule has 1 atom stereocenters. The van der Waals surface area contributed by atoms with Gasteiger partial charge in [0.2, 0.25) is 0 Å². The van der Waals surface area contributed by atoms with E-state index >= 15 is 0 Å². The SMILES string of the molecule is CCCCCCC/C=C\C/C=C\CCCC(CCCCCCCC(=O)O)OC(=O)CCCCCCCCCCCCCCCCC. The van der Waals surface area contributed by atoms with Gasteiger partial charge in [0, 0.05) is 12.8 Å². The lowest BCUT2D eigenvalue weighted by molar-refractivity contribution is -0.150. The first kappa shape index (κ1) is 44.4. The fourth-order valence-corrected chi connectivity index (χ4v) is 6.16. The first-order valence-corrected chi connectivity index (χ1v) is 20.3. The summed E-state index contributed by atoms with van der Waals surface area (Å²) in [5.41, 5.74) is 0. The number of esters is 1. The number of allylic oxidation sites excluding steroid dienone is 4. The van der Waals surface area contributed by atoms with Crippen molar-refractivity contribution < 1.29 is 19.4 Å². The first-order chi connectivity index (χ1) is 22.6. The number of carbonyl (C=O) groups is 2. The van der Waals surface area contributed by atoms with E-state index < -0.39 is 5.97 Å². The van der Waals surface area contributed by atoms with Crippen molar-refractivity contribution in [1.82, 2.24) is 0 Å². The molecule has 270 valence electrons. The first-order valence-electron chi connectivity index (χ1n) is 20.3. The summed E-state index contributed by atoms with van der Waals surface area (Å²) in [6, 6.07) is 0. The molecule has 0 aromatic heterocycles. The van der Waals surface area contributed by atoms with Crippen LogP contribution in [0.3, 0.4) is 0 Å². The van der Waals surface area contributed by atoms with Crippen molar-refractivity contribution in [3.05, 3.63) is 24.3 Å². The second-order valence-electron chi connectivity index (χ2n) is 13.8. The van der Waals surface area contributed by atoms with E-state index in [2.05, 4.69) is 38.2 Å². The molecule has 4 heteroatoms. The molecular formula is C42H78O4. The zero-order chi connectivity index (χ0) is 33.6. The zero-order valence-electron chi connectivity index (χ0n) is 30.9. The molecule has 0 aliphatic carbocycles. The van der Waals surface area contributed by atoms with Crippen molar-refractivity contribution in [2.45, 2.75) is 232 Å². The van der Waals surface area contributed by atoms with Gasteiger partial charge in [0.1, 0.15) is 6.10 Å². The summed E-state index contributed by atoms with van der Waals surface area (Å²) in [6.07, 6.45) is 47.7. The second kappa shape index (κ2) is 37.9. The zero-order valence-corrected chi connectivity index (χ0v) is 30.9. The van der Waals surface area contributed by atoms with Crippen LogP contribution in [-0.2, 0) is 14.3 Å². The number of hydrogen-bond acceptors (Lipinski definition) is 3. The third-order valence-electron chi connectivity index (χ3n) is 9.18. The van der Waals surface area contributed by atoms with Crippen LogP contribution in [0.1, 0.15) is 226 Å². The van der Waals surface area contributed by atoms with Crippen molar-refractivity contribution in [1.29, 1.82) is 0 Å². The molecule has 0 aliphatic rings. The molecule has 0 spiro atoms. The molecule has 4 nitrogen and oxygen atoms in total. The van der Waals surface area contributed by atoms with Gasteiger partial charge in [-0.25, -0.2) is 0 Å². The van der Waals surface area contributed by atoms with Gasteiger partial charge >= 0.3 is 11.9 Å². The molecule has 0 amide bonds. The molecule has 0 saturated carbocycles. The minimum atomic E-state index is -0.705. The standard InChI is InChI=1S/C42H78O4/c1-3-5-7-9-11-13-15-17-18-20-22-24-26-31-35-39-42(45)46-40(37-33-29-27-30-34-38-41(43)44)36-32-28-25-23-21-19-16-14-12-10-8-6-4-2/h16,19,23,25,40H,3-15,17-18,20-22,24,26-39H2,1-2H3,(H,43,44)/b19-16-,25-23-. The third-order valence-corrected chi connectivity index (χ3v) is 9.18. The van der Waals surface area contributed by atoms with Crippen LogP contribution in [0.2, 0.25) is 0 Å². The fourth-order valence-electron chi connectivity index (χ4n) is 6.16. The predicted octanol–water partition coefficient (Wildman–Crippen LogP) is 14.0. The molecule has 46 heavy (non-hydrogen) atoms. The van der Waals surface area contributed by atoms with E-state index in [4.69, 9.17) is 9.84 Å². The largest absolute Gasteiger partial charge is 0.481 e. The van der Waals surface area contributed by atoms with Crippen molar-refractivity contribution in [2.24, 2.45) is 0 Å². The van der Waals surface area contributed by atoms with Crippen LogP contribution in [0.5, 0.6) is 0 Å². The lowest BCUT2D eigenvalue weighted by atomic mass is 10.0. The highest BCUT2D eigenvalue weighted by atomic mass is 16.5. The number of carboxylic acids is 1. The van der Waals surface area contributed by atoms with E-state index in [0.717, 1.165) is 77.0 Å². The Balaban J connectivity index is 4.07. The summed E-state index contributed by atoms with van der Waals surface area (Å²) < 4.78 is 5.98. The van der Waals surface area contributed by atoms with E-state index in [1.165, 1.54) is 122 Å². The van der Waals surface area contributed by atoms with Gasteiger partial charge in [0.25, 0.3) is 0 Å². The van der Waals surface area contributed by atoms with E-state index in [9.17, 15) is 9.59 Å². The number of aliphatic carboxylic acids is 1. The van der Waals surface area contributed by atoms with Crippen LogP contribution in [0, 0.1) is 0 Å². The van der Waals surface area contributed by atoms with E-state index in [1.807, 2.05) is 0 Å². The lowest BCUT2D eigenvalue weighted by Gasteiger charge is -2.18. The van der Waals surface area contributed by atoms with Crippen molar-refractivity contribution in [3.63, 3.8) is 0 Å². The third kappa shape index (κ3) is 36.9. The van der Waals surface area contributed by atoms with Crippen molar-refractivity contribution in [2.75, 3.05) is 0 Å². The summed E-state index contributed by atoms with van der Waals surface area (Å²) in [7, 11) is 0. The van der Waals surface area contributed by atoms with E-state index in [0.29, 0.717) is 6.42 Å². The Morgan fingerprint density at radius 1 is 0.478 bits per heavy atom. The van der Waals surface area contributed by atoms with Gasteiger partial charge in [-0.2, -0.15) is 0 Å². The normalized spacial score (nSPS) is 12.4. The molecule has 0 aliphatic heterocycles. The summed E-state index contributed by atoms with van der Waals surface area (Å²) in [6.45, 7) is 4.54. The maximum absolute atomic E-state index is 12.7. The highest BCUT2D eigenvalue weighted by Gasteiger charge is 2.14. The molecule has 0 saturated heterocycles. The Labute approximate surface area is 287 Å². The smallest absolute Gasteiger partial charge is 0.306 e. The second-order valence-corrected chi connectivity index (χ2v) is 13.8. The number of ether oxygens (including phenoxy) is 1. The molecule has 1 unspecified atom stereocenters. The number of carboxylic acid groups (broad SMARTS) is 1. The molecule has 1 N–H and O–H groups in total. The molecule has 0 radical (unpaired) electrons. The Bertz CT molecular complexity index is 698. The highest BCUT2D eigenvalue weighted by molar-refractivity contribution is 5.69. The van der Waals surface area contributed by atoms with E-state index in [-0.39, 0.29) is 18.5 Å². The number of carbonyl (C=O) groups excluding carboxylic acids is 1. The van der Waals surface area contributed by atoms with Crippen LogP contribution in [-0.4, -0.2) is 23.1 Å². The topological polar surface area (TPSA) is 63.6 Å². The summed E-state index contributed by atoms with van der Waals surface area (Å²) >= 11 is 0. The Morgan fingerprint density at radius 2 is 0.870 bits per heavy atom. The van der Waals surface area contributed by atoms with Gasteiger partial charge in [-0.05, 0) is 64.2 Å². The Kier molecular flexibility index (Phi) is 36.6. The van der Waals surface area contributed by atoms with Crippen LogP contribution in [0.4, 0.5) is 0 Å². The quantitative estimate of drug-likeness (QED) is 0.0414. The summed E-state index contributed by atoms with van der Waals surface area (Å²) in [5.74, 6) is -0.722. The van der Waals surface area contributed by atoms with Crippen LogP contribution in [0.25, 0.3) is 0 Å². The lowest BCUT2D eigenvalue weighted by Crippen LogP contribution is -2.18. The van der Waals surface area contributed by atoms with Crippen molar-refractivity contribution >= 4 is 11.9 Å². The fraction of sp³-hybridized carbons (Fsp3) is 0.857.